The molecule has 1 aromatic rings. The molecule has 1 spiro atoms. The van der Waals surface area contributed by atoms with Crippen LogP contribution in [-0.4, -0.2) is 6.54 Å². The van der Waals surface area contributed by atoms with E-state index in [9.17, 15) is 0 Å². The maximum atomic E-state index is 5.85. The first kappa shape index (κ1) is 8.16. The summed E-state index contributed by atoms with van der Waals surface area (Å²) in [7, 11) is 0. The zero-order valence-electron chi connectivity index (χ0n) is 8.34. The van der Waals surface area contributed by atoms with Crippen LogP contribution in [-0.2, 0) is 5.41 Å². The molecule has 2 nitrogen and oxygen atoms in total. The fourth-order valence-electron chi connectivity index (χ4n) is 3.01. The van der Waals surface area contributed by atoms with Gasteiger partial charge in [0.25, 0.3) is 0 Å². The lowest BCUT2D eigenvalue weighted by Crippen LogP contribution is -2.24. The highest BCUT2D eigenvalue weighted by atomic mass is 14.9. The monoisotopic (exact) mass is 188 g/mol. The number of fused-ring (bicyclic) bond motifs is 2. The third kappa shape index (κ3) is 0.969. The van der Waals surface area contributed by atoms with Crippen molar-refractivity contribution in [1.82, 2.24) is 0 Å². The van der Waals surface area contributed by atoms with Crippen LogP contribution < -0.4 is 11.1 Å². The molecule has 1 fully saturated rings. The zero-order chi connectivity index (χ0) is 9.60. The molecule has 1 aliphatic heterocycles. The largest absolute Gasteiger partial charge is 0.399 e. The lowest BCUT2D eigenvalue weighted by molar-refractivity contribution is 0.489. The van der Waals surface area contributed by atoms with E-state index in [1.54, 1.807) is 0 Å². The van der Waals surface area contributed by atoms with Crippen molar-refractivity contribution < 1.29 is 0 Å². The molecule has 0 unspecified atom stereocenters. The summed E-state index contributed by atoms with van der Waals surface area (Å²) in [5, 5.41) is 3.50. The zero-order valence-corrected chi connectivity index (χ0v) is 8.34. The van der Waals surface area contributed by atoms with Crippen LogP contribution >= 0.6 is 0 Å². The molecule has 2 heteroatoms. The van der Waals surface area contributed by atoms with Crippen LogP contribution in [0, 0.1) is 0 Å². The van der Waals surface area contributed by atoms with Crippen LogP contribution in [0.15, 0.2) is 18.2 Å². The SMILES string of the molecule is Nc1ccc2c(c1)C1(CCCC1)CN2. The van der Waals surface area contributed by atoms with Gasteiger partial charge in [0.15, 0.2) is 0 Å². The van der Waals surface area contributed by atoms with Crippen molar-refractivity contribution in [2.24, 2.45) is 0 Å². The third-order valence-corrected chi connectivity index (χ3v) is 3.79. The Balaban J connectivity index is 2.12. The Bertz CT molecular complexity index is 365. The van der Waals surface area contributed by atoms with Crippen LogP contribution in [0.2, 0.25) is 0 Å². The van der Waals surface area contributed by atoms with Gasteiger partial charge >= 0.3 is 0 Å². The molecule has 1 aromatic carbocycles. The molecule has 0 amide bonds. The number of nitrogens with two attached hydrogens (primary N) is 1. The van der Waals surface area contributed by atoms with E-state index in [0.717, 1.165) is 12.2 Å². The second kappa shape index (κ2) is 2.66. The van der Waals surface area contributed by atoms with Crippen molar-refractivity contribution in [3.05, 3.63) is 23.8 Å². The third-order valence-electron chi connectivity index (χ3n) is 3.79. The second-order valence-electron chi connectivity index (χ2n) is 4.65. The number of rotatable bonds is 0. The van der Waals surface area contributed by atoms with E-state index in [-0.39, 0.29) is 0 Å². The van der Waals surface area contributed by atoms with Gasteiger partial charge in [0.2, 0.25) is 0 Å². The minimum Gasteiger partial charge on any atom is -0.399 e. The Hall–Kier alpha value is -1.18. The normalized spacial score (nSPS) is 22.3. The Labute approximate surface area is 84.5 Å². The van der Waals surface area contributed by atoms with E-state index in [4.69, 9.17) is 5.73 Å². The molecular weight excluding hydrogens is 172 g/mol. The summed E-state index contributed by atoms with van der Waals surface area (Å²) in [6.45, 7) is 1.12. The summed E-state index contributed by atoms with van der Waals surface area (Å²) in [6.07, 6.45) is 5.40. The van der Waals surface area contributed by atoms with Gasteiger partial charge in [-0.25, -0.2) is 0 Å². The molecule has 3 N–H and O–H groups in total. The van der Waals surface area contributed by atoms with Gasteiger partial charge in [-0.1, -0.05) is 12.8 Å². The van der Waals surface area contributed by atoms with Crippen LogP contribution in [0.3, 0.4) is 0 Å². The number of hydrogen-bond donors (Lipinski definition) is 2. The summed E-state index contributed by atoms with van der Waals surface area (Å²) in [5.74, 6) is 0. The van der Waals surface area contributed by atoms with Crippen molar-refractivity contribution in [2.45, 2.75) is 31.1 Å². The van der Waals surface area contributed by atoms with Crippen LogP contribution in [0.25, 0.3) is 0 Å². The topological polar surface area (TPSA) is 38.0 Å². The molecule has 0 saturated heterocycles. The minimum atomic E-state index is 0.421. The van der Waals surface area contributed by atoms with E-state index >= 15 is 0 Å². The lowest BCUT2D eigenvalue weighted by Gasteiger charge is -2.22. The molecule has 1 aliphatic carbocycles. The first-order valence-corrected chi connectivity index (χ1v) is 5.44. The molecule has 3 rings (SSSR count). The van der Waals surface area contributed by atoms with E-state index in [1.807, 2.05) is 6.07 Å². The highest BCUT2D eigenvalue weighted by Crippen LogP contribution is 2.48. The fourth-order valence-corrected chi connectivity index (χ4v) is 3.01. The smallest absolute Gasteiger partial charge is 0.0380 e. The van der Waals surface area contributed by atoms with E-state index in [1.165, 1.54) is 36.9 Å². The Kier molecular flexibility index (Phi) is 1.55. The standard InChI is InChI=1S/C12H16N2/c13-9-3-4-11-10(7-9)12(8-14-11)5-1-2-6-12/h3-4,7,14H,1-2,5-6,8,13H2. The van der Waals surface area contributed by atoms with Gasteiger partial charge < -0.3 is 11.1 Å². The van der Waals surface area contributed by atoms with Crippen molar-refractivity contribution in [3.8, 4) is 0 Å². The maximum absolute atomic E-state index is 5.85. The highest BCUT2D eigenvalue weighted by molar-refractivity contribution is 5.65. The predicted molar refractivity (Wildman–Crippen MR) is 59.5 cm³/mol. The van der Waals surface area contributed by atoms with Crippen LogP contribution in [0.1, 0.15) is 31.2 Å². The van der Waals surface area contributed by atoms with Crippen LogP contribution in [0.4, 0.5) is 11.4 Å². The average molecular weight is 188 g/mol. The average Bonchev–Trinajstić information content (AvgIpc) is 2.77. The molecule has 2 aliphatic rings. The number of nitrogen functional groups attached to an aromatic ring is 1. The van der Waals surface area contributed by atoms with Gasteiger partial charge in [-0.2, -0.15) is 0 Å². The van der Waals surface area contributed by atoms with Gasteiger partial charge in [0.1, 0.15) is 0 Å². The Morgan fingerprint density at radius 1 is 1.21 bits per heavy atom. The molecule has 0 atom stereocenters. The van der Waals surface area contributed by atoms with Crippen LogP contribution in [0.5, 0.6) is 0 Å². The number of nitrogens with one attached hydrogen (secondary N) is 1. The van der Waals surface area contributed by atoms with E-state index < -0.39 is 0 Å². The second-order valence-corrected chi connectivity index (χ2v) is 4.65. The first-order valence-electron chi connectivity index (χ1n) is 5.44. The van der Waals surface area contributed by atoms with Crippen molar-refractivity contribution >= 4 is 11.4 Å². The summed E-state index contributed by atoms with van der Waals surface area (Å²) < 4.78 is 0. The van der Waals surface area contributed by atoms with E-state index in [2.05, 4.69) is 17.4 Å². The van der Waals surface area contributed by atoms with Gasteiger partial charge in [0.05, 0.1) is 0 Å². The Morgan fingerprint density at radius 3 is 2.79 bits per heavy atom. The summed E-state index contributed by atoms with van der Waals surface area (Å²) in [6, 6.07) is 6.28. The van der Waals surface area contributed by atoms with Gasteiger partial charge in [-0.3, -0.25) is 0 Å². The fraction of sp³-hybridized carbons (Fsp3) is 0.500. The lowest BCUT2D eigenvalue weighted by atomic mass is 9.81. The molecule has 74 valence electrons. The summed E-state index contributed by atoms with van der Waals surface area (Å²) >= 11 is 0. The molecule has 0 bridgehead atoms. The van der Waals surface area contributed by atoms with Gasteiger partial charge in [-0.15, -0.1) is 0 Å². The molecule has 14 heavy (non-hydrogen) atoms. The van der Waals surface area contributed by atoms with Crippen molar-refractivity contribution in [3.63, 3.8) is 0 Å². The minimum absolute atomic E-state index is 0.421. The van der Waals surface area contributed by atoms with Crippen molar-refractivity contribution in [1.29, 1.82) is 0 Å². The van der Waals surface area contributed by atoms with Gasteiger partial charge in [-0.05, 0) is 36.6 Å². The van der Waals surface area contributed by atoms with Crippen molar-refractivity contribution in [2.75, 3.05) is 17.6 Å². The molecule has 0 radical (unpaired) electrons. The molecule has 0 aromatic heterocycles. The quantitative estimate of drug-likeness (QED) is 0.614. The molecular formula is C12H16N2. The first-order chi connectivity index (χ1) is 6.80. The molecule has 1 heterocycles. The molecule has 1 saturated carbocycles. The number of benzene rings is 1. The summed E-state index contributed by atoms with van der Waals surface area (Å²) in [5.41, 5.74) is 9.95. The van der Waals surface area contributed by atoms with E-state index in [0.29, 0.717) is 5.41 Å². The predicted octanol–water partition coefficient (Wildman–Crippen LogP) is 2.51. The highest BCUT2D eigenvalue weighted by Gasteiger charge is 2.40. The number of hydrogen-bond acceptors (Lipinski definition) is 2. The Morgan fingerprint density at radius 2 is 2.00 bits per heavy atom. The number of anilines is 2. The summed E-state index contributed by atoms with van der Waals surface area (Å²) in [4.78, 5) is 0. The van der Waals surface area contributed by atoms with Gasteiger partial charge in [0, 0.05) is 23.3 Å². The maximum Gasteiger partial charge on any atom is 0.0380 e.